The molecule has 0 saturated carbocycles. The molecule has 0 spiro atoms. The number of allylic oxidation sites excluding steroid dienone is 1. The summed E-state index contributed by atoms with van der Waals surface area (Å²) in [5.74, 6) is -2.68. The Morgan fingerprint density at radius 2 is 1.77 bits per heavy atom. The van der Waals surface area contributed by atoms with Gasteiger partial charge in [0.15, 0.2) is 0 Å². The van der Waals surface area contributed by atoms with E-state index >= 15 is 0 Å². The Bertz CT molecular complexity index is 1020. The lowest BCUT2D eigenvalue weighted by atomic mass is 10.0. The molecule has 2 aromatic rings. The van der Waals surface area contributed by atoms with Crippen LogP contribution < -0.4 is 9.62 Å². The number of sulfonamides is 1. The molecule has 0 bridgehead atoms. The van der Waals surface area contributed by atoms with Crippen molar-refractivity contribution in [2.24, 2.45) is 5.92 Å². The normalized spacial score (nSPS) is 12.3. The van der Waals surface area contributed by atoms with E-state index in [9.17, 15) is 18.0 Å². The van der Waals surface area contributed by atoms with Crippen LogP contribution in [0.3, 0.4) is 0 Å². The zero-order valence-corrected chi connectivity index (χ0v) is 18.1. The van der Waals surface area contributed by atoms with Gasteiger partial charge in [-0.15, -0.1) is 6.58 Å². The third-order valence-corrected chi connectivity index (χ3v) is 5.45. The Hall–Kier alpha value is -2.90. The molecule has 30 heavy (non-hydrogen) atoms. The second kappa shape index (κ2) is 10.8. The molecule has 158 valence electrons. The van der Waals surface area contributed by atoms with Crippen molar-refractivity contribution in [2.75, 3.05) is 11.4 Å². The molecule has 1 unspecified atom stereocenters. The number of carbonyl (C=O) groups excluding carboxylic acids is 2. The highest BCUT2D eigenvalue weighted by atomic mass is 35.5. The van der Waals surface area contributed by atoms with Gasteiger partial charge in [0, 0.05) is 17.3 Å². The lowest BCUT2D eigenvalue weighted by Gasteiger charge is -2.25. The van der Waals surface area contributed by atoms with Gasteiger partial charge in [0.05, 0.1) is 5.41 Å². The number of hydrogen-bond donors (Lipinski definition) is 1. The SMILES string of the molecule is C=CCC(C(=O)NS(=O)(=O)C=Cc1ccccc1)C(=O)N(CC)c1ccc(Cl)cc1. The second-order valence-corrected chi connectivity index (χ2v) is 8.36. The van der Waals surface area contributed by atoms with Crippen LogP contribution in [0.4, 0.5) is 5.69 Å². The molecule has 8 heteroatoms. The molecular formula is C22H23ClN2O4S. The summed E-state index contributed by atoms with van der Waals surface area (Å²) in [6.07, 6.45) is 2.77. The van der Waals surface area contributed by atoms with Crippen molar-refractivity contribution in [3.05, 3.63) is 83.2 Å². The summed E-state index contributed by atoms with van der Waals surface area (Å²) in [6.45, 7) is 5.63. The van der Waals surface area contributed by atoms with Crippen molar-refractivity contribution < 1.29 is 18.0 Å². The topological polar surface area (TPSA) is 83.5 Å². The van der Waals surface area contributed by atoms with Gasteiger partial charge >= 0.3 is 0 Å². The molecule has 6 nitrogen and oxygen atoms in total. The molecule has 0 saturated heterocycles. The molecular weight excluding hydrogens is 424 g/mol. The predicted octanol–water partition coefficient (Wildman–Crippen LogP) is 4.00. The Labute approximate surface area is 181 Å². The van der Waals surface area contributed by atoms with Gasteiger partial charge in [-0.2, -0.15) is 0 Å². The third kappa shape index (κ3) is 6.57. The molecule has 0 aliphatic rings. The summed E-state index contributed by atoms with van der Waals surface area (Å²) in [6, 6.07) is 15.4. The van der Waals surface area contributed by atoms with Crippen molar-refractivity contribution in [3.63, 3.8) is 0 Å². The minimum Gasteiger partial charge on any atom is -0.312 e. The van der Waals surface area contributed by atoms with Gasteiger partial charge in [-0.05, 0) is 49.2 Å². The van der Waals surface area contributed by atoms with E-state index in [2.05, 4.69) is 6.58 Å². The first-order chi connectivity index (χ1) is 14.3. The number of hydrogen-bond acceptors (Lipinski definition) is 4. The van der Waals surface area contributed by atoms with Gasteiger partial charge in [-0.25, -0.2) is 13.1 Å². The van der Waals surface area contributed by atoms with E-state index in [4.69, 9.17) is 11.6 Å². The maximum atomic E-state index is 13.0. The van der Waals surface area contributed by atoms with Crippen LogP contribution in [-0.4, -0.2) is 26.8 Å². The first-order valence-corrected chi connectivity index (χ1v) is 11.2. The highest BCUT2D eigenvalue weighted by Gasteiger charge is 2.31. The van der Waals surface area contributed by atoms with Crippen molar-refractivity contribution >= 4 is 45.2 Å². The highest BCUT2D eigenvalue weighted by Crippen LogP contribution is 2.21. The van der Waals surface area contributed by atoms with Crippen LogP contribution in [0.25, 0.3) is 6.08 Å². The van der Waals surface area contributed by atoms with Crippen molar-refractivity contribution in [2.45, 2.75) is 13.3 Å². The van der Waals surface area contributed by atoms with E-state index in [-0.39, 0.29) is 6.42 Å². The molecule has 0 radical (unpaired) electrons. The standard InChI is InChI=1S/C22H23ClN2O4S/c1-3-8-20(22(27)25(4-2)19-13-11-18(23)12-14-19)21(26)24-30(28,29)16-15-17-9-6-5-7-10-17/h3,5-7,9-16,20H,1,4,8H2,2H3,(H,24,26). The average molecular weight is 447 g/mol. The quantitative estimate of drug-likeness (QED) is 0.466. The molecule has 2 amide bonds. The summed E-state index contributed by atoms with van der Waals surface area (Å²) in [4.78, 5) is 27.1. The minimum absolute atomic E-state index is 0.00727. The third-order valence-electron chi connectivity index (χ3n) is 4.22. The fraction of sp³-hybridized carbons (Fsp3) is 0.182. The van der Waals surface area contributed by atoms with Crippen LogP contribution in [0.5, 0.6) is 0 Å². The van der Waals surface area contributed by atoms with Crippen molar-refractivity contribution in [3.8, 4) is 0 Å². The fourth-order valence-corrected chi connectivity index (χ4v) is 3.69. The minimum atomic E-state index is -4.08. The number of halogens is 1. The lowest BCUT2D eigenvalue weighted by molar-refractivity contribution is -0.132. The van der Waals surface area contributed by atoms with Crippen LogP contribution in [0, 0.1) is 5.92 Å². The summed E-state index contributed by atoms with van der Waals surface area (Å²) in [5, 5.41) is 1.41. The Morgan fingerprint density at radius 1 is 1.13 bits per heavy atom. The Morgan fingerprint density at radius 3 is 2.33 bits per heavy atom. The summed E-state index contributed by atoms with van der Waals surface area (Å²) < 4.78 is 26.6. The number of anilines is 1. The summed E-state index contributed by atoms with van der Waals surface area (Å²) in [5.41, 5.74) is 1.22. The molecule has 0 aromatic heterocycles. The first kappa shape index (κ1) is 23.4. The molecule has 1 N–H and O–H groups in total. The number of nitrogens with zero attached hydrogens (tertiary/aromatic N) is 1. The number of carbonyl (C=O) groups is 2. The molecule has 1 atom stereocenters. The van der Waals surface area contributed by atoms with Crippen LogP contribution in [0.15, 0.2) is 72.7 Å². The van der Waals surface area contributed by atoms with Crippen molar-refractivity contribution in [1.82, 2.24) is 4.72 Å². The van der Waals surface area contributed by atoms with Gasteiger partial charge < -0.3 is 4.90 Å². The molecule has 2 rings (SSSR count). The predicted molar refractivity (Wildman–Crippen MR) is 120 cm³/mol. The van der Waals surface area contributed by atoms with E-state index in [0.717, 1.165) is 5.41 Å². The van der Waals surface area contributed by atoms with E-state index in [0.29, 0.717) is 22.8 Å². The zero-order chi connectivity index (χ0) is 22.1. The lowest BCUT2D eigenvalue weighted by Crippen LogP contribution is -2.45. The summed E-state index contributed by atoms with van der Waals surface area (Å²) in [7, 11) is -4.08. The number of nitrogens with one attached hydrogen (secondary N) is 1. The largest absolute Gasteiger partial charge is 0.312 e. The fourth-order valence-electron chi connectivity index (χ4n) is 2.74. The van der Waals surface area contributed by atoms with Gasteiger partial charge in [0.1, 0.15) is 5.92 Å². The Balaban J connectivity index is 2.19. The number of amides is 2. The monoisotopic (exact) mass is 446 g/mol. The van der Waals surface area contributed by atoms with Gasteiger partial charge in [-0.1, -0.05) is 48.0 Å². The smallest absolute Gasteiger partial charge is 0.257 e. The average Bonchev–Trinajstić information content (AvgIpc) is 2.72. The molecule has 2 aromatic carbocycles. The van der Waals surface area contributed by atoms with Crippen molar-refractivity contribution in [1.29, 1.82) is 0 Å². The molecule has 0 heterocycles. The van der Waals surface area contributed by atoms with E-state index in [1.165, 1.54) is 17.1 Å². The summed E-state index contributed by atoms with van der Waals surface area (Å²) >= 11 is 5.89. The maximum Gasteiger partial charge on any atom is 0.257 e. The number of rotatable bonds is 9. The molecule has 0 fully saturated rings. The van der Waals surface area contributed by atoms with E-state index < -0.39 is 27.8 Å². The van der Waals surface area contributed by atoms with Crippen LogP contribution in [0.1, 0.15) is 18.9 Å². The van der Waals surface area contributed by atoms with Gasteiger partial charge in [-0.3, -0.25) is 9.59 Å². The van der Waals surface area contributed by atoms with Crippen LogP contribution in [-0.2, 0) is 19.6 Å². The number of benzene rings is 2. The first-order valence-electron chi connectivity index (χ1n) is 9.25. The molecule has 0 aliphatic heterocycles. The second-order valence-electron chi connectivity index (χ2n) is 6.36. The Kier molecular flexibility index (Phi) is 8.38. The zero-order valence-electron chi connectivity index (χ0n) is 16.5. The van der Waals surface area contributed by atoms with Gasteiger partial charge in [0.25, 0.3) is 10.0 Å². The highest BCUT2D eigenvalue weighted by molar-refractivity contribution is 7.93. The van der Waals surface area contributed by atoms with Crippen LogP contribution >= 0.6 is 11.6 Å². The van der Waals surface area contributed by atoms with E-state index in [1.807, 2.05) is 4.72 Å². The van der Waals surface area contributed by atoms with Gasteiger partial charge in [0.2, 0.25) is 11.8 Å². The van der Waals surface area contributed by atoms with E-state index in [1.54, 1.807) is 61.5 Å². The molecule has 0 aliphatic carbocycles. The van der Waals surface area contributed by atoms with Crippen LogP contribution in [0.2, 0.25) is 5.02 Å². The maximum absolute atomic E-state index is 13.0.